The van der Waals surface area contributed by atoms with Gasteiger partial charge in [-0.3, -0.25) is 0 Å². The Bertz CT molecular complexity index is 531. The number of hydrogen-bond acceptors (Lipinski definition) is 3. The molecule has 0 spiro atoms. The molecule has 1 heterocycles. The van der Waals surface area contributed by atoms with Crippen LogP contribution in [0.2, 0.25) is 5.02 Å². The summed E-state index contributed by atoms with van der Waals surface area (Å²) in [7, 11) is 0. The fourth-order valence-corrected chi connectivity index (χ4v) is 2.30. The Labute approximate surface area is 124 Å². The molecular weight excluding hydrogens is 274 g/mol. The maximum absolute atomic E-state index is 10.6. The minimum atomic E-state index is -0.528. The van der Waals surface area contributed by atoms with Gasteiger partial charge in [0.15, 0.2) is 0 Å². The van der Waals surface area contributed by atoms with Crippen molar-refractivity contribution < 1.29 is 5.11 Å². The van der Waals surface area contributed by atoms with Crippen LogP contribution < -0.4 is 0 Å². The molecule has 0 radical (unpaired) electrons. The van der Waals surface area contributed by atoms with E-state index >= 15 is 0 Å². The molecule has 2 rings (SSSR count). The molecule has 0 saturated carbocycles. The first kappa shape index (κ1) is 15.0. The summed E-state index contributed by atoms with van der Waals surface area (Å²) in [5, 5.41) is 15.5. The van der Waals surface area contributed by atoms with E-state index in [-0.39, 0.29) is 11.5 Å². The number of hydrogen-bond donors (Lipinski definition) is 1. The predicted octanol–water partition coefficient (Wildman–Crippen LogP) is 3.12. The fraction of sp³-hybridized carbons (Fsp3) is 0.467. The molecule has 1 aromatic carbocycles. The second-order valence-corrected chi connectivity index (χ2v) is 6.52. The van der Waals surface area contributed by atoms with Crippen molar-refractivity contribution in [1.82, 2.24) is 14.8 Å². The van der Waals surface area contributed by atoms with Crippen molar-refractivity contribution in [3.8, 4) is 0 Å². The van der Waals surface area contributed by atoms with Crippen molar-refractivity contribution in [2.75, 3.05) is 0 Å². The summed E-state index contributed by atoms with van der Waals surface area (Å²) < 4.78 is 1.73. The quantitative estimate of drug-likeness (QED) is 0.942. The Balaban J connectivity index is 2.26. The summed E-state index contributed by atoms with van der Waals surface area (Å²) >= 11 is 5.91. The van der Waals surface area contributed by atoms with Crippen LogP contribution >= 0.6 is 11.6 Å². The zero-order chi connectivity index (χ0) is 14.8. The molecule has 0 amide bonds. The molecule has 0 aliphatic heterocycles. The van der Waals surface area contributed by atoms with Gasteiger partial charge >= 0.3 is 0 Å². The van der Waals surface area contributed by atoms with Crippen molar-refractivity contribution in [2.24, 2.45) is 5.41 Å². The first-order chi connectivity index (χ1) is 9.38. The Morgan fingerprint density at radius 1 is 1.25 bits per heavy atom. The summed E-state index contributed by atoms with van der Waals surface area (Å²) in [6, 6.07) is 7.51. The number of rotatable bonds is 4. The van der Waals surface area contributed by atoms with Gasteiger partial charge in [-0.05, 0) is 29.5 Å². The molecule has 1 N–H and O–H groups in total. The van der Waals surface area contributed by atoms with Gasteiger partial charge in [-0.25, -0.2) is 9.67 Å². The third kappa shape index (κ3) is 3.58. The molecule has 2 atom stereocenters. The van der Waals surface area contributed by atoms with E-state index < -0.39 is 6.10 Å². The van der Waals surface area contributed by atoms with E-state index in [0.29, 0.717) is 11.4 Å². The third-order valence-electron chi connectivity index (χ3n) is 3.39. The Hall–Kier alpha value is -1.39. The Kier molecular flexibility index (Phi) is 4.45. The molecule has 2 aromatic rings. The lowest BCUT2D eigenvalue weighted by Crippen LogP contribution is -2.37. The second kappa shape index (κ2) is 5.94. The molecule has 0 fully saturated rings. The first-order valence-corrected chi connectivity index (χ1v) is 7.02. The van der Waals surface area contributed by atoms with Crippen LogP contribution in [0.4, 0.5) is 0 Å². The van der Waals surface area contributed by atoms with E-state index in [2.05, 4.69) is 10.1 Å². The monoisotopic (exact) mass is 293 g/mol. The highest BCUT2D eigenvalue weighted by Gasteiger charge is 2.32. The van der Waals surface area contributed by atoms with Crippen LogP contribution in [-0.4, -0.2) is 26.0 Å². The maximum atomic E-state index is 10.6. The lowest BCUT2D eigenvalue weighted by Gasteiger charge is -2.33. The summed E-state index contributed by atoms with van der Waals surface area (Å²) in [5.74, 6) is 0. The molecule has 4 nitrogen and oxygen atoms in total. The predicted molar refractivity (Wildman–Crippen MR) is 79.7 cm³/mol. The third-order valence-corrected chi connectivity index (χ3v) is 3.64. The number of aliphatic hydroxyl groups excluding tert-OH is 1. The van der Waals surface area contributed by atoms with Gasteiger partial charge in [-0.15, -0.1) is 0 Å². The summed E-state index contributed by atoms with van der Waals surface area (Å²) in [5.41, 5.74) is 0.876. The summed E-state index contributed by atoms with van der Waals surface area (Å²) in [6.45, 7) is 6.05. The van der Waals surface area contributed by atoms with Crippen molar-refractivity contribution in [3.63, 3.8) is 0 Å². The van der Waals surface area contributed by atoms with E-state index in [1.54, 1.807) is 11.0 Å². The molecule has 5 heteroatoms. The van der Waals surface area contributed by atoms with Crippen LogP contribution in [0.3, 0.4) is 0 Å². The molecule has 0 saturated heterocycles. The largest absolute Gasteiger partial charge is 0.390 e. The van der Waals surface area contributed by atoms with Crippen LogP contribution in [0.15, 0.2) is 36.9 Å². The van der Waals surface area contributed by atoms with Crippen molar-refractivity contribution in [1.29, 1.82) is 0 Å². The number of aromatic nitrogens is 3. The minimum absolute atomic E-state index is 0.154. The van der Waals surface area contributed by atoms with E-state index in [9.17, 15) is 5.11 Å². The highest BCUT2D eigenvalue weighted by molar-refractivity contribution is 6.30. The molecule has 1 aromatic heterocycles. The fourth-order valence-electron chi connectivity index (χ4n) is 2.18. The van der Waals surface area contributed by atoms with Crippen LogP contribution in [0.1, 0.15) is 32.4 Å². The lowest BCUT2D eigenvalue weighted by atomic mass is 9.82. The number of halogens is 1. The smallest absolute Gasteiger partial charge is 0.137 e. The highest BCUT2D eigenvalue weighted by Crippen LogP contribution is 2.30. The van der Waals surface area contributed by atoms with Crippen molar-refractivity contribution >= 4 is 11.6 Å². The number of nitrogens with zero attached hydrogens (tertiary/aromatic N) is 3. The molecule has 0 aliphatic carbocycles. The number of benzene rings is 1. The average Bonchev–Trinajstić information content (AvgIpc) is 2.90. The number of aliphatic hydroxyl groups is 1. The van der Waals surface area contributed by atoms with E-state index in [1.807, 2.05) is 45.0 Å². The maximum Gasteiger partial charge on any atom is 0.137 e. The van der Waals surface area contributed by atoms with Gasteiger partial charge in [-0.2, -0.15) is 5.10 Å². The Morgan fingerprint density at radius 2 is 1.90 bits per heavy atom. The molecule has 108 valence electrons. The van der Waals surface area contributed by atoms with E-state index in [0.717, 1.165) is 5.56 Å². The van der Waals surface area contributed by atoms with Gasteiger partial charge < -0.3 is 5.11 Å². The zero-order valence-corrected chi connectivity index (χ0v) is 12.7. The lowest BCUT2D eigenvalue weighted by molar-refractivity contribution is 0.0124. The molecular formula is C15H20ClN3O. The van der Waals surface area contributed by atoms with E-state index in [1.165, 1.54) is 6.33 Å². The molecule has 20 heavy (non-hydrogen) atoms. The van der Waals surface area contributed by atoms with Gasteiger partial charge in [0.1, 0.15) is 12.7 Å². The van der Waals surface area contributed by atoms with Crippen LogP contribution in [0.25, 0.3) is 0 Å². The van der Waals surface area contributed by atoms with Crippen LogP contribution in [0, 0.1) is 5.41 Å². The Morgan fingerprint density at radius 3 is 2.40 bits per heavy atom. The van der Waals surface area contributed by atoms with Gasteiger partial charge in [0.25, 0.3) is 0 Å². The van der Waals surface area contributed by atoms with Crippen molar-refractivity contribution in [2.45, 2.75) is 39.3 Å². The van der Waals surface area contributed by atoms with Gasteiger partial charge in [0.05, 0.1) is 12.1 Å². The minimum Gasteiger partial charge on any atom is -0.390 e. The first-order valence-electron chi connectivity index (χ1n) is 6.64. The van der Waals surface area contributed by atoms with Gasteiger partial charge in [0.2, 0.25) is 0 Å². The normalized spacial score (nSPS) is 15.1. The van der Waals surface area contributed by atoms with Gasteiger partial charge in [0, 0.05) is 5.02 Å². The molecule has 1 unspecified atom stereocenters. The zero-order valence-electron chi connectivity index (χ0n) is 12.0. The molecule has 0 bridgehead atoms. The topological polar surface area (TPSA) is 50.9 Å². The second-order valence-electron chi connectivity index (χ2n) is 6.08. The summed E-state index contributed by atoms with van der Waals surface area (Å²) in [4.78, 5) is 3.98. The van der Waals surface area contributed by atoms with Crippen LogP contribution in [0.5, 0.6) is 0 Å². The molecule has 0 aliphatic rings. The standard InChI is InChI=1S/C15H20ClN3O/c1-15(2,3)14(20)13(19-10-17-9-18-19)8-11-4-6-12(16)7-5-11/h4-7,9-10,13-14,20H,8H2,1-3H3/t13?,14-/m0/s1. The highest BCUT2D eigenvalue weighted by atomic mass is 35.5. The van der Waals surface area contributed by atoms with Crippen LogP contribution in [-0.2, 0) is 6.42 Å². The summed E-state index contributed by atoms with van der Waals surface area (Å²) in [6.07, 6.45) is 3.29. The SMILES string of the molecule is CC(C)(C)[C@@H](O)C(Cc1ccc(Cl)cc1)n1cncn1. The average molecular weight is 294 g/mol. The van der Waals surface area contributed by atoms with Crippen molar-refractivity contribution in [3.05, 3.63) is 47.5 Å². The van der Waals surface area contributed by atoms with Gasteiger partial charge in [-0.1, -0.05) is 44.5 Å². The van der Waals surface area contributed by atoms with E-state index in [4.69, 9.17) is 11.6 Å².